The van der Waals surface area contributed by atoms with E-state index in [1.54, 1.807) is 0 Å². The minimum atomic E-state index is -2.92. The SMILES string of the molecule is CC(C)(C)OCC(C)(C)P(F)F. The van der Waals surface area contributed by atoms with E-state index >= 15 is 0 Å². The molecule has 0 radical (unpaired) electrons. The Hall–Kier alpha value is 0.250. The summed E-state index contributed by atoms with van der Waals surface area (Å²) in [5.74, 6) is 0. The maximum absolute atomic E-state index is 12.4. The zero-order chi connectivity index (χ0) is 9.99. The van der Waals surface area contributed by atoms with Gasteiger partial charge in [0.05, 0.1) is 17.4 Å². The molecule has 0 bridgehead atoms. The molecule has 0 amide bonds. The predicted molar refractivity (Wildman–Crippen MR) is 48.9 cm³/mol. The molecule has 4 heteroatoms. The van der Waals surface area contributed by atoms with E-state index < -0.39 is 13.7 Å². The summed E-state index contributed by atoms with van der Waals surface area (Å²) in [6.45, 7) is 8.77. The first-order valence-electron chi connectivity index (χ1n) is 3.91. The molecule has 0 spiro atoms. The highest BCUT2D eigenvalue weighted by atomic mass is 31.2. The van der Waals surface area contributed by atoms with Gasteiger partial charge >= 0.3 is 0 Å². The van der Waals surface area contributed by atoms with Crippen molar-refractivity contribution in [1.82, 2.24) is 0 Å². The molecule has 0 aromatic heterocycles. The van der Waals surface area contributed by atoms with Crippen LogP contribution in [0.25, 0.3) is 0 Å². The first-order valence-corrected chi connectivity index (χ1v) is 5.03. The molecule has 12 heavy (non-hydrogen) atoms. The second kappa shape index (κ2) is 3.97. The predicted octanol–water partition coefficient (Wildman–Crippen LogP) is 3.83. The molecule has 0 aliphatic carbocycles. The Labute approximate surface area is 74.5 Å². The molecular weight excluding hydrogens is 181 g/mol. The molecular formula is C8H17F2OP. The number of ether oxygens (including phenoxy) is 1. The van der Waals surface area contributed by atoms with Gasteiger partial charge in [0.15, 0.2) is 0 Å². The van der Waals surface area contributed by atoms with Crippen molar-refractivity contribution in [2.45, 2.75) is 45.4 Å². The summed E-state index contributed by atoms with van der Waals surface area (Å²) in [5, 5.41) is -0.984. The first-order chi connectivity index (χ1) is 5.15. The van der Waals surface area contributed by atoms with Crippen molar-refractivity contribution in [1.29, 1.82) is 0 Å². The Morgan fingerprint density at radius 2 is 1.50 bits per heavy atom. The van der Waals surface area contributed by atoms with Gasteiger partial charge in [0.2, 0.25) is 0 Å². The lowest BCUT2D eigenvalue weighted by atomic mass is 10.1. The van der Waals surface area contributed by atoms with Gasteiger partial charge in [0, 0.05) is 0 Å². The third-order valence-electron chi connectivity index (χ3n) is 1.32. The van der Waals surface area contributed by atoms with E-state index in [1.165, 1.54) is 13.8 Å². The van der Waals surface area contributed by atoms with Crippen LogP contribution < -0.4 is 0 Å². The van der Waals surface area contributed by atoms with Crippen LogP contribution in [0.4, 0.5) is 8.39 Å². The zero-order valence-corrected chi connectivity index (χ0v) is 9.21. The Balaban J connectivity index is 3.93. The maximum Gasteiger partial charge on any atom is 0.274 e. The molecule has 0 atom stereocenters. The van der Waals surface area contributed by atoms with E-state index in [0.29, 0.717) is 0 Å². The fourth-order valence-electron chi connectivity index (χ4n) is 0.442. The molecule has 0 heterocycles. The van der Waals surface area contributed by atoms with Gasteiger partial charge in [-0.25, -0.2) is 0 Å². The summed E-state index contributed by atoms with van der Waals surface area (Å²) in [5.41, 5.74) is -0.331. The fourth-order valence-corrected chi connectivity index (χ4v) is 0.604. The summed E-state index contributed by atoms with van der Waals surface area (Å²) < 4.78 is 30.0. The largest absolute Gasteiger partial charge is 0.375 e. The minimum absolute atomic E-state index is 0.120. The lowest BCUT2D eigenvalue weighted by molar-refractivity contribution is -0.0128. The van der Waals surface area contributed by atoms with E-state index in [0.717, 1.165) is 0 Å². The van der Waals surface area contributed by atoms with Crippen molar-refractivity contribution in [2.75, 3.05) is 6.61 Å². The number of halogens is 2. The standard InChI is InChI=1S/C8H17F2OP/c1-7(2,3)11-6-8(4,5)12(9)10/h6H2,1-5H3. The van der Waals surface area contributed by atoms with Gasteiger partial charge in [-0.05, 0) is 34.6 Å². The summed E-state index contributed by atoms with van der Waals surface area (Å²) in [7, 11) is -2.92. The van der Waals surface area contributed by atoms with Crippen LogP contribution in [-0.2, 0) is 4.74 Å². The van der Waals surface area contributed by atoms with Gasteiger partial charge in [0.25, 0.3) is 8.54 Å². The molecule has 0 saturated heterocycles. The van der Waals surface area contributed by atoms with Crippen molar-refractivity contribution in [3.8, 4) is 0 Å². The van der Waals surface area contributed by atoms with E-state index in [-0.39, 0.29) is 12.2 Å². The van der Waals surface area contributed by atoms with Crippen LogP contribution in [0.2, 0.25) is 0 Å². The Morgan fingerprint density at radius 3 is 1.75 bits per heavy atom. The monoisotopic (exact) mass is 198 g/mol. The van der Waals surface area contributed by atoms with Gasteiger partial charge in [-0.1, -0.05) is 0 Å². The van der Waals surface area contributed by atoms with Crippen LogP contribution in [0.5, 0.6) is 0 Å². The molecule has 0 aliphatic rings. The van der Waals surface area contributed by atoms with Crippen LogP contribution in [0.15, 0.2) is 0 Å². The average molecular weight is 198 g/mol. The smallest absolute Gasteiger partial charge is 0.274 e. The number of hydrogen-bond acceptors (Lipinski definition) is 1. The molecule has 0 aromatic carbocycles. The zero-order valence-electron chi connectivity index (χ0n) is 8.32. The lowest BCUT2D eigenvalue weighted by Crippen LogP contribution is -2.30. The summed E-state index contributed by atoms with van der Waals surface area (Å²) in [6, 6.07) is 0. The lowest BCUT2D eigenvalue weighted by Gasteiger charge is -2.27. The van der Waals surface area contributed by atoms with Gasteiger partial charge in [-0.15, -0.1) is 0 Å². The molecule has 0 aromatic rings. The van der Waals surface area contributed by atoms with Crippen LogP contribution in [-0.4, -0.2) is 17.4 Å². The quantitative estimate of drug-likeness (QED) is 0.626. The second-order valence-electron chi connectivity index (χ2n) is 4.45. The molecule has 0 aliphatic heterocycles. The Morgan fingerprint density at radius 1 is 1.08 bits per heavy atom. The van der Waals surface area contributed by atoms with Gasteiger partial charge in [0.1, 0.15) is 0 Å². The van der Waals surface area contributed by atoms with E-state index in [4.69, 9.17) is 4.74 Å². The van der Waals surface area contributed by atoms with Crippen molar-refractivity contribution >= 4 is 8.54 Å². The third-order valence-corrected chi connectivity index (χ3v) is 2.36. The second-order valence-corrected chi connectivity index (χ2v) is 6.12. The number of rotatable bonds is 3. The minimum Gasteiger partial charge on any atom is -0.375 e. The highest BCUT2D eigenvalue weighted by Gasteiger charge is 2.32. The topological polar surface area (TPSA) is 9.23 Å². The Kier molecular flexibility index (Phi) is 4.05. The fraction of sp³-hybridized carbons (Fsp3) is 1.00. The van der Waals surface area contributed by atoms with Gasteiger partial charge < -0.3 is 4.74 Å². The molecule has 0 fully saturated rings. The van der Waals surface area contributed by atoms with Crippen LogP contribution in [0.3, 0.4) is 0 Å². The van der Waals surface area contributed by atoms with Crippen molar-refractivity contribution in [3.05, 3.63) is 0 Å². The van der Waals surface area contributed by atoms with Crippen LogP contribution in [0.1, 0.15) is 34.6 Å². The normalized spacial score (nSPS) is 14.0. The Bertz CT molecular complexity index is 140. The molecule has 0 saturated carbocycles. The van der Waals surface area contributed by atoms with Crippen molar-refractivity contribution < 1.29 is 13.1 Å². The summed E-state index contributed by atoms with van der Waals surface area (Å²) >= 11 is 0. The van der Waals surface area contributed by atoms with Crippen LogP contribution in [0, 0.1) is 0 Å². The highest BCUT2D eigenvalue weighted by molar-refractivity contribution is 7.48. The summed E-state index contributed by atoms with van der Waals surface area (Å²) in [4.78, 5) is 0. The van der Waals surface area contributed by atoms with Gasteiger partial charge in [-0.3, -0.25) is 0 Å². The third kappa shape index (κ3) is 5.00. The molecule has 0 unspecified atom stereocenters. The van der Waals surface area contributed by atoms with E-state index in [2.05, 4.69) is 0 Å². The molecule has 1 nitrogen and oxygen atoms in total. The van der Waals surface area contributed by atoms with Crippen molar-refractivity contribution in [2.24, 2.45) is 0 Å². The van der Waals surface area contributed by atoms with Gasteiger partial charge in [-0.2, -0.15) is 8.39 Å². The van der Waals surface area contributed by atoms with Crippen molar-refractivity contribution in [3.63, 3.8) is 0 Å². The van der Waals surface area contributed by atoms with E-state index in [1.807, 2.05) is 20.8 Å². The number of hydrogen-bond donors (Lipinski definition) is 0. The van der Waals surface area contributed by atoms with Crippen LogP contribution >= 0.6 is 8.54 Å². The molecule has 0 rings (SSSR count). The highest BCUT2D eigenvalue weighted by Crippen LogP contribution is 2.52. The summed E-state index contributed by atoms with van der Waals surface area (Å²) in [6.07, 6.45) is 0. The molecule has 74 valence electrons. The maximum atomic E-state index is 12.4. The average Bonchev–Trinajstić information content (AvgIpc) is 1.82. The van der Waals surface area contributed by atoms with E-state index in [9.17, 15) is 8.39 Å². The first kappa shape index (κ1) is 12.2. The molecule has 0 N–H and O–H groups in total.